The number of carbonyl (C=O) groups excluding carboxylic acids is 1. The number of rotatable bonds is 6. The molecule has 0 aromatic carbocycles. The summed E-state index contributed by atoms with van der Waals surface area (Å²) in [5.74, 6) is 0.192. The van der Waals surface area contributed by atoms with E-state index in [1.165, 1.54) is 6.42 Å². The standard InChI is InChI=1S/C13H25NO2/c1-3-4-5-10-16-13(15)11-6-8-12(14-2)9-7-11/h11-12,14H,3-10H2,1-2H3/t11-,12-. The van der Waals surface area contributed by atoms with E-state index in [1.54, 1.807) is 0 Å². The van der Waals surface area contributed by atoms with E-state index in [1.807, 2.05) is 7.05 Å². The molecule has 0 aliphatic heterocycles. The molecule has 1 aliphatic rings. The van der Waals surface area contributed by atoms with Crippen LogP contribution < -0.4 is 5.32 Å². The molecular formula is C13H25NO2. The molecule has 0 aromatic heterocycles. The number of esters is 1. The fourth-order valence-electron chi connectivity index (χ4n) is 2.26. The van der Waals surface area contributed by atoms with E-state index in [9.17, 15) is 4.79 Å². The fourth-order valence-corrected chi connectivity index (χ4v) is 2.26. The van der Waals surface area contributed by atoms with Crippen LogP contribution in [-0.4, -0.2) is 25.7 Å². The van der Waals surface area contributed by atoms with Crippen molar-refractivity contribution in [2.24, 2.45) is 5.92 Å². The largest absolute Gasteiger partial charge is 0.465 e. The molecule has 0 heterocycles. The highest BCUT2D eigenvalue weighted by atomic mass is 16.5. The average molecular weight is 227 g/mol. The minimum Gasteiger partial charge on any atom is -0.465 e. The van der Waals surface area contributed by atoms with Crippen LogP contribution in [0.5, 0.6) is 0 Å². The van der Waals surface area contributed by atoms with Crippen LogP contribution in [0.1, 0.15) is 51.9 Å². The molecule has 1 aliphatic carbocycles. The first-order chi connectivity index (χ1) is 7.77. The van der Waals surface area contributed by atoms with Gasteiger partial charge in [-0.1, -0.05) is 19.8 Å². The predicted molar refractivity (Wildman–Crippen MR) is 65.3 cm³/mol. The fraction of sp³-hybridized carbons (Fsp3) is 0.923. The average Bonchev–Trinajstić information content (AvgIpc) is 2.34. The van der Waals surface area contributed by atoms with E-state index >= 15 is 0 Å². The molecule has 1 N–H and O–H groups in total. The maximum absolute atomic E-state index is 11.7. The van der Waals surface area contributed by atoms with Gasteiger partial charge in [-0.3, -0.25) is 4.79 Å². The van der Waals surface area contributed by atoms with Gasteiger partial charge in [0.15, 0.2) is 0 Å². The monoisotopic (exact) mass is 227 g/mol. The van der Waals surface area contributed by atoms with Gasteiger partial charge < -0.3 is 10.1 Å². The van der Waals surface area contributed by atoms with Crippen molar-refractivity contribution < 1.29 is 9.53 Å². The molecule has 0 amide bonds. The smallest absolute Gasteiger partial charge is 0.308 e. The van der Waals surface area contributed by atoms with Gasteiger partial charge in [0.2, 0.25) is 0 Å². The topological polar surface area (TPSA) is 38.3 Å². The molecule has 16 heavy (non-hydrogen) atoms. The third-order valence-electron chi connectivity index (χ3n) is 3.46. The SMILES string of the molecule is CCCCCOC(=O)[C@H]1CC[C@H](NC)CC1. The van der Waals surface area contributed by atoms with Crippen molar-refractivity contribution in [1.82, 2.24) is 5.32 Å². The van der Waals surface area contributed by atoms with Crippen molar-refractivity contribution in [2.75, 3.05) is 13.7 Å². The molecule has 1 fully saturated rings. The van der Waals surface area contributed by atoms with Crippen LogP contribution in [0.25, 0.3) is 0 Å². The van der Waals surface area contributed by atoms with Crippen LogP contribution in [0.15, 0.2) is 0 Å². The first-order valence-electron chi connectivity index (χ1n) is 6.61. The molecule has 3 heteroatoms. The third kappa shape index (κ3) is 4.52. The highest BCUT2D eigenvalue weighted by Crippen LogP contribution is 2.25. The van der Waals surface area contributed by atoms with Crippen molar-refractivity contribution in [3.05, 3.63) is 0 Å². The van der Waals surface area contributed by atoms with Crippen molar-refractivity contribution in [2.45, 2.75) is 57.9 Å². The summed E-state index contributed by atoms with van der Waals surface area (Å²) in [5, 5.41) is 3.27. The molecular weight excluding hydrogens is 202 g/mol. The molecule has 0 radical (unpaired) electrons. The van der Waals surface area contributed by atoms with E-state index in [2.05, 4.69) is 12.2 Å². The van der Waals surface area contributed by atoms with Gasteiger partial charge in [0.1, 0.15) is 0 Å². The molecule has 0 aromatic rings. The second kappa shape index (κ2) is 7.66. The Morgan fingerprint density at radius 3 is 2.50 bits per heavy atom. The highest BCUT2D eigenvalue weighted by molar-refractivity contribution is 5.72. The molecule has 0 spiro atoms. The Balaban J connectivity index is 2.13. The normalized spacial score (nSPS) is 25.4. The lowest BCUT2D eigenvalue weighted by molar-refractivity contribution is -0.149. The molecule has 0 bridgehead atoms. The molecule has 1 saturated carbocycles. The Morgan fingerprint density at radius 1 is 1.25 bits per heavy atom. The van der Waals surface area contributed by atoms with Gasteiger partial charge >= 0.3 is 5.97 Å². The van der Waals surface area contributed by atoms with Crippen LogP contribution in [0.3, 0.4) is 0 Å². The Hall–Kier alpha value is -0.570. The minimum atomic E-state index is 0.0330. The summed E-state index contributed by atoms with van der Waals surface area (Å²) in [6, 6.07) is 0.601. The zero-order valence-electron chi connectivity index (χ0n) is 10.6. The van der Waals surface area contributed by atoms with Crippen LogP contribution in [0.4, 0.5) is 0 Å². The Morgan fingerprint density at radius 2 is 1.94 bits per heavy atom. The maximum Gasteiger partial charge on any atom is 0.308 e. The van der Waals surface area contributed by atoms with Gasteiger partial charge in [-0.05, 0) is 39.2 Å². The molecule has 0 unspecified atom stereocenters. The van der Waals surface area contributed by atoms with E-state index < -0.39 is 0 Å². The summed E-state index contributed by atoms with van der Waals surface area (Å²) in [4.78, 5) is 11.7. The lowest BCUT2D eigenvalue weighted by Gasteiger charge is -2.26. The second-order valence-corrected chi connectivity index (χ2v) is 4.71. The maximum atomic E-state index is 11.7. The van der Waals surface area contributed by atoms with E-state index in [4.69, 9.17) is 4.74 Å². The molecule has 3 nitrogen and oxygen atoms in total. The van der Waals surface area contributed by atoms with Crippen LogP contribution in [0, 0.1) is 5.92 Å². The van der Waals surface area contributed by atoms with Crippen molar-refractivity contribution in [1.29, 1.82) is 0 Å². The quantitative estimate of drug-likeness (QED) is 0.559. The van der Waals surface area contributed by atoms with Crippen molar-refractivity contribution >= 4 is 5.97 Å². The first-order valence-corrected chi connectivity index (χ1v) is 6.61. The zero-order chi connectivity index (χ0) is 11.8. The van der Waals surface area contributed by atoms with Gasteiger partial charge in [0.05, 0.1) is 12.5 Å². The van der Waals surface area contributed by atoms with Gasteiger partial charge in [-0.25, -0.2) is 0 Å². The molecule has 1 rings (SSSR count). The van der Waals surface area contributed by atoms with Gasteiger partial charge in [-0.15, -0.1) is 0 Å². The summed E-state index contributed by atoms with van der Waals surface area (Å²) in [7, 11) is 1.99. The number of hydrogen-bond donors (Lipinski definition) is 1. The highest BCUT2D eigenvalue weighted by Gasteiger charge is 2.26. The van der Waals surface area contributed by atoms with Crippen LogP contribution in [-0.2, 0) is 9.53 Å². The van der Waals surface area contributed by atoms with Crippen LogP contribution >= 0.6 is 0 Å². The summed E-state index contributed by atoms with van der Waals surface area (Å²) in [6.45, 7) is 2.76. The second-order valence-electron chi connectivity index (χ2n) is 4.71. The Kier molecular flexibility index (Phi) is 6.46. The summed E-state index contributed by atoms with van der Waals surface area (Å²) in [5.41, 5.74) is 0. The Labute approximate surface area is 98.9 Å². The van der Waals surface area contributed by atoms with Gasteiger partial charge in [0.25, 0.3) is 0 Å². The predicted octanol–water partition coefficient (Wildman–Crippen LogP) is 2.50. The molecule has 0 atom stereocenters. The van der Waals surface area contributed by atoms with E-state index in [0.29, 0.717) is 12.6 Å². The lowest BCUT2D eigenvalue weighted by Crippen LogP contribution is -2.33. The number of hydrogen-bond acceptors (Lipinski definition) is 3. The summed E-state index contributed by atoms with van der Waals surface area (Å²) < 4.78 is 5.29. The summed E-state index contributed by atoms with van der Waals surface area (Å²) >= 11 is 0. The van der Waals surface area contributed by atoms with E-state index in [0.717, 1.165) is 38.5 Å². The number of ether oxygens (including phenoxy) is 1. The van der Waals surface area contributed by atoms with Crippen molar-refractivity contribution in [3.8, 4) is 0 Å². The molecule has 0 saturated heterocycles. The summed E-state index contributed by atoms with van der Waals surface area (Å²) in [6.07, 6.45) is 7.51. The number of unbranched alkanes of at least 4 members (excludes halogenated alkanes) is 2. The van der Waals surface area contributed by atoms with Crippen LogP contribution in [0.2, 0.25) is 0 Å². The molecule has 94 valence electrons. The Bertz CT molecular complexity index is 198. The number of carbonyl (C=O) groups is 1. The van der Waals surface area contributed by atoms with Gasteiger partial charge in [0, 0.05) is 6.04 Å². The van der Waals surface area contributed by atoms with Gasteiger partial charge in [-0.2, -0.15) is 0 Å². The number of nitrogens with one attached hydrogen (secondary N) is 1. The minimum absolute atomic E-state index is 0.0330. The van der Waals surface area contributed by atoms with E-state index in [-0.39, 0.29) is 11.9 Å². The third-order valence-corrected chi connectivity index (χ3v) is 3.46. The zero-order valence-corrected chi connectivity index (χ0v) is 10.6. The van der Waals surface area contributed by atoms with Crippen molar-refractivity contribution in [3.63, 3.8) is 0 Å². The first kappa shape index (κ1) is 13.5. The lowest BCUT2D eigenvalue weighted by atomic mass is 9.86.